The minimum absolute atomic E-state index is 0.0126. The van der Waals surface area contributed by atoms with Gasteiger partial charge in [0.1, 0.15) is 12.3 Å². The molecule has 0 atom stereocenters. The van der Waals surface area contributed by atoms with E-state index >= 15 is 0 Å². The van der Waals surface area contributed by atoms with E-state index in [1.807, 2.05) is 0 Å². The van der Waals surface area contributed by atoms with Crippen LogP contribution in [0.2, 0.25) is 0 Å². The molecule has 1 heterocycles. The lowest BCUT2D eigenvalue weighted by Gasteiger charge is -2.25. The van der Waals surface area contributed by atoms with Gasteiger partial charge >= 0.3 is 5.97 Å². The van der Waals surface area contributed by atoms with Crippen LogP contribution in [0.1, 0.15) is 15.9 Å². The molecule has 184 valence electrons. The van der Waals surface area contributed by atoms with Crippen molar-refractivity contribution in [2.24, 2.45) is 0 Å². The average molecular weight is 505 g/mol. The van der Waals surface area contributed by atoms with Gasteiger partial charge in [-0.1, -0.05) is 0 Å². The summed E-state index contributed by atoms with van der Waals surface area (Å²) in [5, 5.41) is 0. The number of methoxy groups -OCH3 is 2. The van der Waals surface area contributed by atoms with Crippen LogP contribution >= 0.6 is 0 Å². The standard InChI is InChI=1S/C24H22F2N2O6S/c1-14-7-15(9-16(8-14)35(4,31)32)24(30)28(13-23(29)34-3)21-12-27-6-5-17(21)18-10-19(25)20(26)11-22(18)33-2/h5-12H,13H2,1-4H3. The van der Waals surface area contributed by atoms with E-state index in [4.69, 9.17) is 9.47 Å². The van der Waals surface area contributed by atoms with E-state index in [1.165, 1.54) is 43.8 Å². The van der Waals surface area contributed by atoms with Crippen LogP contribution in [0.3, 0.4) is 0 Å². The molecule has 0 saturated carbocycles. The third kappa shape index (κ3) is 5.62. The highest BCUT2D eigenvalue weighted by Crippen LogP contribution is 2.38. The Hall–Kier alpha value is -3.86. The van der Waals surface area contributed by atoms with Gasteiger partial charge in [0.15, 0.2) is 21.5 Å². The Morgan fingerprint density at radius 3 is 2.34 bits per heavy atom. The molecule has 3 rings (SSSR count). The van der Waals surface area contributed by atoms with Gasteiger partial charge in [-0.05, 0) is 42.8 Å². The summed E-state index contributed by atoms with van der Waals surface area (Å²) in [6, 6.07) is 7.29. The SMILES string of the molecule is COC(=O)CN(C(=O)c1cc(C)cc(S(C)(=O)=O)c1)c1cnccc1-c1cc(F)c(F)cc1OC. The van der Waals surface area contributed by atoms with Crippen LogP contribution < -0.4 is 9.64 Å². The van der Waals surface area contributed by atoms with E-state index in [1.54, 1.807) is 6.92 Å². The van der Waals surface area contributed by atoms with Crippen molar-refractivity contribution in [1.82, 2.24) is 4.98 Å². The number of anilines is 1. The fourth-order valence-corrected chi connectivity index (χ4v) is 4.18. The number of hydrogen-bond donors (Lipinski definition) is 0. The Labute approximate surface area is 201 Å². The zero-order valence-electron chi connectivity index (χ0n) is 19.3. The molecule has 11 heteroatoms. The number of rotatable bonds is 7. The van der Waals surface area contributed by atoms with Crippen molar-refractivity contribution < 1.29 is 36.3 Å². The quantitative estimate of drug-likeness (QED) is 0.453. The lowest BCUT2D eigenvalue weighted by atomic mass is 10.0. The van der Waals surface area contributed by atoms with Gasteiger partial charge in [-0.25, -0.2) is 17.2 Å². The summed E-state index contributed by atoms with van der Waals surface area (Å²) in [4.78, 5) is 30.8. The molecule has 0 fully saturated rings. The summed E-state index contributed by atoms with van der Waals surface area (Å²) in [6.07, 6.45) is 3.65. The number of aromatic nitrogens is 1. The number of halogens is 2. The second-order valence-corrected chi connectivity index (χ2v) is 9.65. The molecule has 1 amide bonds. The zero-order chi connectivity index (χ0) is 25.9. The van der Waals surface area contributed by atoms with E-state index in [9.17, 15) is 26.8 Å². The summed E-state index contributed by atoms with van der Waals surface area (Å²) in [6.45, 7) is 1.06. The molecule has 0 saturated heterocycles. The maximum atomic E-state index is 14.1. The Morgan fingerprint density at radius 2 is 1.71 bits per heavy atom. The van der Waals surface area contributed by atoms with Gasteiger partial charge in [0, 0.05) is 35.2 Å². The number of carbonyl (C=O) groups excluding carboxylic acids is 2. The summed E-state index contributed by atoms with van der Waals surface area (Å²) in [5.74, 6) is -3.81. The van der Waals surface area contributed by atoms with Gasteiger partial charge in [0.05, 0.1) is 31.0 Å². The Bertz CT molecular complexity index is 1410. The molecule has 2 aromatic carbocycles. The van der Waals surface area contributed by atoms with Crippen molar-refractivity contribution in [2.75, 3.05) is 31.9 Å². The number of carbonyl (C=O) groups is 2. The van der Waals surface area contributed by atoms with Gasteiger partial charge in [-0.3, -0.25) is 19.5 Å². The van der Waals surface area contributed by atoms with Crippen LogP contribution in [0.15, 0.2) is 53.7 Å². The fraction of sp³-hybridized carbons (Fsp3) is 0.208. The van der Waals surface area contributed by atoms with Crippen LogP contribution in [0.5, 0.6) is 5.75 Å². The lowest BCUT2D eigenvalue weighted by molar-refractivity contribution is -0.138. The number of sulfone groups is 1. The fourth-order valence-electron chi connectivity index (χ4n) is 3.44. The third-order valence-electron chi connectivity index (χ3n) is 5.11. The van der Waals surface area contributed by atoms with E-state index in [-0.39, 0.29) is 33.0 Å². The number of hydrogen-bond acceptors (Lipinski definition) is 7. The molecule has 0 aliphatic heterocycles. The molecule has 1 aromatic heterocycles. The van der Waals surface area contributed by atoms with Crippen molar-refractivity contribution in [1.29, 1.82) is 0 Å². The van der Waals surface area contributed by atoms with E-state index in [2.05, 4.69) is 4.98 Å². The van der Waals surface area contributed by atoms with Gasteiger partial charge < -0.3 is 9.47 Å². The Morgan fingerprint density at radius 1 is 1.03 bits per heavy atom. The van der Waals surface area contributed by atoms with E-state index in [0.29, 0.717) is 5.56 Å². The van der Waals surface area contributed by atoms with Crippen molar-refractivity contribution in [3.05, 3.63) is 71.6 Å². The number of pyridine rings is 1. The first-order valence-corrected chi connectivity index (χ1v) is 12.0. The molecular weight excluding hydrogens is 482 g/mol. The predicted octanol–water partition coefficient (Wildman–Crippen LogP) is 3.57. The molecule has 3 aromatic rings. The zero-order valence-corrected chi connectivity index (χ0v) is 20.2. The first kappa shape index (κ1) is 25.8. The smallest absolute Gasteiger partial charge is 0.325 e. The van der Waals surface area contributed by atoms with Crippen LogP contribution in [-0.2, 0) is 19.4 Å². The molecular formula is C24H22F2N2O6S. The Balaban J connectivity index is 2.24. The van der Waals surface area contributed by atoms with Gasteiger partial charge in [-0.2, -0.15) is 0 Å². The summed E-state index contributed by atoms with van der Waals surface area (Å²) in [5.41, 5.74) is 0.871. The van der Waals surface area contributed by atoms with Gasteiger partial charge in [-0.15, -0.1) is 0 Å². The Kier molecular flexibility index (Phi) is 7.49. The van der Waals surface area contributed by atoms with E-state index < -0.39 is 39.9 Å². The number of aryl methyl sites for hydroxylation is 1. The lowest BCUT2D eigenvalue weighted by Crippen LogP contribution is -2.37. The number of esters is 1. The first-order valence-electron chi connectivity index (χ1n) is 10.1. The second kappa shape index (κ2) is 10.2. The second-order valence-electron chi connectivity index (χ2n) is 7.63. The number of benzene rings is 2. The highest BCUT2D eigenvalue weighted by molar-refractivity contribution is 7.90. The van der Waals surface area contributed by atoms with Gasteiger partial charge in [0.25, 0.3) is 5.91 Å². The van der Waals surface area contributed by atoms with Crippen LogP contribution in [0, 0.1) is 18.6 Å². The topological polar surface area (TPSA) is 103 Å². The minimum Gasteiger partial charge on any atom is -0.496 e. The molecule has 0 spiro atoms. The summed E-state index contributed by atoms with van der Waals surface area (Å²) in [7, 11) is -1.22. The number of nitrogens with zero attached hydrogens (tertiary/aromatic N) is 2. The molecule has 0 N–H and O–H groups in total. The summed E-state index contributed by atoms with van der Waals surface area (Å²) < 4.78 is 62.1. The molecule has 0 radical (unpaired) electrons. The molecule has 0 bridgehead atoms. The summed E-state index contributed by atoms with van der Waals surface area (Å²) >= 11 is 0. The van der Waals surface area contributed by atoms with Crippen molar-refractivity contribution in [3.63, 3.8) is 0 Å². The molecule has 8 nitrogen and oxygen atoms in total. The predicted molar refractivity (Wildman–Crippen MR) is 124 cm³/mol. The maximum Gasteiger partial charge on any atom is 0.325 e. The highest BCUT2D eigenvalue weighted by atomic mass is 32.2. The largest absolute Gasteiger partial charge is 0.496 e. The highest BCUT2D eigenvalue weighted by Gasteiger charge is 2.27. The van der Waals surface area contributed by atoms with Crippen molar-refractivity contribution >= 4 is 27.4 Å². The number of ether oxygens (including phenoxy) is 2. The molecule has 0 aliphatic carbocycles. The average Bonchev–Trinajstić information content (AvgIpc) is 2.82. The monoisotopic (exact) mass is 504 g/mol. The van der Waals surface area contributed by atoms with Gasteiger partial charge in [0.2, 0.25) is 0 Å². The van der Waals surface area contributed by atoms with Crippen LogP contribution in [0.25, 0.3) is 11.1 Å². The molecule has 0 unspecified atom stereocenters. The van der Waals surface area contributed by atoms with Crippen LogP contribution in [0.4, 0.5) is 14.5 Å². The molecule has 35 heavy (non-hydrogen) atoms. The van der Waals surface area contributed by atoms with Crippen molar-refractivity contribution in [3.8, 4) is 16.9 Å². The van der Waals surface area contributed by atoms with E-state index in [0.717, 1.165) is 30.4 Å². The third-order valence-corrected chi connectivity index (χ3v) is 6.20. The van der Waals surface area contributed by atoms with Crippen LogP contribution in [-0.4, -0.2) is 52.3 Å². The van der Waals surface area contributed by atoms with Crippen molar-refractivity contribution in [2.45, 2.75) is 11.8 Å². The molecule has 0 aliphatic rings. The normalized spacial score (nSPS) is 11.1. The minimum atomic E-state index is -3.64. The first-order chi connectivity index (χ1) is 16.5. The maximum absolute atomic E-state index is 14.1. The number of amides is 1.